The minimum Gasteiger partial charge on any atom is -0.352 e. The molecule has 1 aliphatic rings. The molecule has 1 atom stereocenters. The second kappa shape index (κ2) is 9.22. The number of likely N-dealkylation sites (tertiary alicyclic amines) is 1. The van der Waals surface area contributed by atoms with E-state index in [0.717, 1.165) is 4.90 Å². The van der Waals surface area contributed by atoms with Crippen molar-refractivity contribution in [2.45, 2.75) is 13.0 Å². The van der Waals surface area contributed by atoms with Crippen molar-refractivity contribution in [3.05, 3.63) is 62.1 Å². The first kappa shape index (κ1) is 21.7. The maximum Gasteiger partial charge on any atom is 0.328 e. The Morgan fingerprint density at radius 2 is 1.76 bits per heavy atom. The van der Waals surface area contributed by atoms with Crippen LogP contribution in [0.4, 0.5) is 10.5 Å². The fourth-order valence-electron chi connectivity index (χ4n) is 2.84. The topological polar surface area (TPSA) is 78.5 Å². The second-order valence-corrected chi connectivity index (χ2v) is 8.08. The molecule has 0 spiro atoms. The number of amides is 4. The van der Waals surface area contributed by atoms with E-state index in [4.69, 9.17) is 46.4 Å². The Labute approximate surface area is 187 Å². The third-order valence-electron chi connectivity index (χ3n) is 4.38. The van der Waals surface area contributed by atoms with Crippen molar-refractivity contribution in [3.8, 4) is 0 Å². The fraction of sp³-hybridized carbons (Fsp3) is 0.211. The van der Waals surface area contributed by atoms with Crippen LogP contribution in [0.5, 0.6) is 0 Å². The number of halogens is 4. The predicted octanol–water partition coefficient (Wildman–Crippen LogP) is 5.00. The summed E-state index contributed by atoms with van der Waals surface area (Å²) in [6.45, 7) is 0.168. The molecule has 29 heavy (non-hydrogen) atoms. The molecule has 3 rings (SSSR count). The first-order valence-electron chi connectivity index (χ1n) is 8.52. The molecule has 10 heteroatoms. The second-order valence-electron chi connectivity index (χ2n) is 6.42. The summed E-state index contributed by atoms with van der Waals surface area (Å²) in [7, 11) is 0. The van der Waals surface area contributed by atoms with E-state index in [-0.39, 0.29) is 30.4 Å². The number of imide groups is 1. The molecule has 0 radical (unpaired) electrons. The fourth-order valence-corrected chi connectivity index (χ4v) is 3.61. The highest BCUT2D eigenvalue weighted by Gasteiger charge is 2.37. The molecule has 1 heterocycles. The van der Waals surface area contributed by atoms with E-state index in [1.165, 1.54) is 12.1 Å². The number of rotatable bonds is 4. The molecule has 1 fully saturated rings. The van der Waals surface area contributed by atoms with Crippen molar-refractivity contribution >= 4 is 69.9 Å². The van der Waals surface area contributed by atoms with Gasteiger partial charge < -0.3 is 10.6 Å². The van der Waals surface area contributed by atoms with Gasteiger partial charge in [0.25, 0.3) is 0 Å². The van der Waals surface area contributed by atoms with Gasteiger partial charge in [-0.05, 0) is 35.9 Å². The molecule has 4 amide bonds. The van der Waals surface area contributed by atoms with E-state index < -0.39 is 17.9 Å². The normalized spacial score (nSPS) is 16.1. The third kappa shape index (κ3) is 5.34. The third-order valence-corrected chi connectivity index (χ3v) is 5.71. The lowest BCUT2D eigenvalue weighted by Gasteiger charge is -2.16. The maximum absolute atomic E-state index is 12.4. The van der Waals surface area contributed by atoms with Crippen LogP contribution in [0.15, 0.2) is 36.4 Å². The van der Waals surface area contributed by atoms with Crippen molar-refractivity contribution in [3.63, 3.8) is 0 Å². The summed E-state index contributed by atoms with van der Waals surface area (Å²) < 4.78 is 0. The van der Waals surface area contributed by atoms with Gasteiger partial charge in [-0.15, -0.1) is 0 Å². The molecule has 2 aromatic rings. The molecule has 6 nitrogen and oxygen atoms in total. The Kier molecular flexibility index (Phi) is 6.90. The molecule has 1 saturated heterocycles. The molecule has 1 unspecified atom stereocenters. The van der Waals surface area contributed by atoms with Crippen molar-refractivity contribution in [2.24, 2.45) is 5.92 Å². The molecule has 0 saturated carbocycles. The van der Waals surface area contributed by atoms with Crippen LogP contribution in [0.1, 0.15) is 12.0 Å². The zero-order valence-corrected chi connectivity index (χ0v) is 17.9. The monoisotopic (exact) mass is 473 g/mol. The summed E-state index contributed by atoms with van der Waals surface area (Å²) in [5.74, 6) is -1.42. The van der Waals surface area contributed by atoms with E-state index in [1.54, 1.807) is 24.3 Å². The van der Waals surface area contributed by atoms with E-state index in [0.29, 0.717) is 26.3 Å². The summed E-state index contributed by atoms with van der Waals surface area (Å²) in [5.41, 5.74) is 1.09. The zero-order chi connectivity index (χ0) is 21.1. The highest BCUT2D eigenvalue weighted by Crippen LogP contribution is 2.26. The minimum atomic E-state index is -0.645. The van der Waals surface area contributed by atoms with Crippen LogP contribution in [0.25, 0.3) is 0 Å². The summed E-state index contributed by atoms with van der Waals surface area (Å²) in [6.07, 6.45) is -0.0605. The summed E-state index contributed by atoms with van der Waals surface area (Å²) in [4.78, 5) is 38.0. The number of urea groups is 1. The van der Waals surface area contributed by atoms with Crippen LogP contribution in [-0.2, 0) is 16.1 Å². The molecule has 152 valence electrons. The highest BCUT2D eigenvalue weighted by molar-refractivity contribution is 6.42. The van der Waals surface area contributed by atoms with E-state index in [9.17, 15) is 14.4 Å². The van der Waals surface area contributed by atoms with Gasteiger partial charge in [0.2, 0.25) is 11.8 Å². The quantitative estimate of drug-likeness (QED) is 0.654. The standard InChI is InChI=1S/C19H15Cl4N3O3/c20-12-2-1-10(15(22)6-12)8-24-18(28)11-5-17(27)26(9-11)19(29)25-13-3-4-14(21)16(23)7-13/h1-4,6-7,11H,5,8-9H2,(H,24,28)(H,25,29). The van der Waals surface area contributed by atoms with Gasteiger partial charge in [-0.25, -0.2) is 4.79 Å². The average Bonchev–Trinajstić information content (AvgIpc) is 3.06. The molecule has 0 bridgehead atoms. The number of nitrogens with zero attached hydrogens (tertiary/aromatic N) is 1. The first-order chi connectivity index (χ1) is 13.7. The highest BCUT2D eigenvalue weighted by atomic mass is 35.5. The Balaban J connectivity index is 1.57. The number of hydrogen-bond donors (Lipinski definition) is 2. The number of benzene rings is 2. The number of anilines is 1. The van der Waals surface area contributed by atoms with E-state index in [1.807, 2.05) is 0 Å². The van der Waals surface area contributed by atoms with Crippen molar-refractivity contribution in [1.82, 2.24) is 10.2 Å². The van der Waals surface area contributed by atoms with Crippen LogP contribution in [0.3, 0.4) is 0 Å². The van der Waals surface area contributed by atoms with Gasteiger partial charge in [0.1, 0.15) is 0 Å². The van der Waals surface area contributed by atoms with Gasteiger partial charge in [-0.1, -0.05) is 52.5 Å². The zero-order valence-electron chi connectivity index (χ0n) is 14.8. The number of nitrogens with one attached hydrogen (secondary N) is 2. The lowest BCUT2D eigenvalue weighted by Crippen LogP contribution is -2.38. The SMILES string of the molecule is O=C(NCc1ccc(Cl)cc1Cl)C1CC(=O)N(C(=O)Nc2ccc(Cl)c(Cl)c2)C1. The van der Waals surface area contributed by atoms with E-state index >= 15 is 0 Å². The average molecular weight is 475 g/mol. The van der Waals surface area contributed by atoms with Gasteiger partial charge in [0, 0.05) is 35.2 Å². The van der Waals surface area contributed by atoms with Crippen molar-refractivity contribution in [2.75, 3.05) is 11.9 Å². The minimum absolute atomic E-state index is 0.0217. The number of carbonyl (C=O) groups excluding carboxylic acids is 3. The Morgan fingerprint density at radius 3 is 2.45 bits per heavy atom. The van der Waals surface area contributed by atoms with Gasteiger partial charge in [0.15, 0.2) is 0 Å². The molecule has 2 aromatic carbocycles. The van der Waals surface area contributed by atoms with Crippen LogP contribution in [0, 0.1) is 5.92 Å². The van der Waals surface area contributed by atoms with Crippen LogP contribution < -0.4 is 10.6 Å². The smallest absolute Gasteiger partial charge is 0.328 e. The first-order valence-corrected chi connectivity index (χ1v) is 10.0. The number of carbonyl (C=O) groups is 3. The van der Waals surface area contributed by atoms with Crippen LogP contribution in [0.2, 0.25) is 20.1 Å². The summed E-state index contributed by atoms with van der Waals surface area (Å²) >= 11 is 23.7. The van der Waals surface area contributed by atoms with E-state index in [2.05, 4.69) is 10.6 Å². The Bertz CT molecular complexity index is 983. The van der Waals surface area contributed by atoms with Gasteiger partial charge in [0.05, 0.1) is 16.0 Å². The van der Waals surface area contributed by atoms with Crippen molar-refractivity contribution in [1.29, 1.82) is 0 Å². The van der Waals surface area contributed by atoms with Crippen LogP contribution >= 0.6 is 46.4 Å². The summed E-state index contributed by atoms with van der Waals surface area (Å²) in [5, 5.41) is 6.86. The molecule has 0 aliphatic carbocycles. The molecular weight excluding hydrogens is 460 g/mol. The maximum atomic E-state index is 12.4. The Morgan fingerprint density at radius 1 is 1.00 bits per heavy atom. The molecule has 2 N–H and O–H groups in total. The predicted molar refractivity (Wildman–Crippen MR) is 114 cm³/mol. The van der Waals surface area contributed by atoms with Gasteiger partial charge in [-0.3, -0.25) is 14.5 Å². The lowest BCUT2D eigenvalue weighted by atomic mass is 10.1. The van der Waals surface area contributed by atoms with Gasteiger partial charge >= 0.3 is 6.03 Å². The number of hydrogen-bond acceptors (Lipinski definition) is 3. The lowest BCUT2D eigenvalue weighted by molar-refractivity contribution is -0.127. The molecular formula is C19H15Cl4N3O3. The Hall–Kier alpha value is -1.99. The van der Waals surface area contributed by atoms with Crippen LogP contribution in [-0.4, -0.2) is 29.3 Å². The van der Waals surface area contributed by atoms with Crippen molar-refractivity contribution < 1.29 is 14.4 Å². The molecule has 0 aromatic heterocycles. The summed E-state index contributed by atoms with van der Waals surface area (Å²) in [6, 6.07) is 8.90. The molecule has 1 aliphatic heterocycles. The van der Waals surface area contributed by atoms with Gasteiger partial charge in [-0.2, -0.15) is 0 Å². The largest absolute Gasteiger partial charge is 0.352 e.